The van der Waals surface area contributed by atoms with Crippen molar-refractivity contribution < 1.29 is 13.3 Å². The van der Waals surface area contributed by atoms with Gasteiger partial charge in [-0.1, -0.05) is 22.9 Å². The fourth-order valence-corrected chi connectivity index (χ4v) is 4.82. The fraction of sp³-hybridized carbons (Fsp3) is 0.538. The number of hydrogen-bond acceptors (Lipinski definition) is 5. The number of nitrogens with zero attached hydrogens (tertiary/aromatic N) is 2. The molecule has 1 heterocycles. The van der Waals surface area contributed by atoms with E-state index in [9.17, 15) is 18.5 Å². The van der Waals surface area contributed by atoms with E-state index in [0.29, 0.717) is 30.4 Å². The standard InChI is InChI=1S/C13H18BrN3O4S/c1-2-7-16(11-5-6-15-9-11)22(20,21)13-4-3-10(14)8-12(13)17(18)19/h3-4,8,11,15H,2,5-7,9H2,1H3. The van der Waals surface area contributed by atoms with Crippen LogP contribution in [0.15, 0.2) is 27.6 Å². The largest absolute Gasteiger partial charge is 0.315 e. The molecule has 1 atom stereocenters. The van der Waals surface area contributed by atoms with E-state index in [1.54, 1.807) is 0 Å². The molecule has 22 heavy (non-hydrogen) atoms. The van der Waals surface area contributed by atoms with Gasteiger partial charge in [-0.05, 0) is 31.5 Å². The number of nitrogens with one attached hydrogen (secondary N) is 1. The highest BCUT2D eigenvalue weighted by molar-refractivity contribution is 9.10. The van der Waals surface area contributed by atoms with Crippen molar-refractivity contribution in [1.29, 1.82) is 0 Å². The van der Waals surface area contributed by atoms with Gasteiger partial charge < -0.3 is 5.32 Å². The molecule has 1 saturated heterocycles. The molecule has 1 fully saturated rings. The molecule has 9 heteroatoms. The van der Waals surface area contributed by atoms with E-state index in [-0.39, 0.29) is 10.9 Å². The van der Waals surface area contributed by atoms with Crippen LogP contribution in [0, 0.1) is 10.1 Å². The molecular formula is C13H18BrN3O4S. The van der Waals surface area contributed by atoms with Crippen molar-refractivity contribution >= 4 is 31.6 Å². The topological polar surface area (TPSA) is 92.6 Å². The molecular weight excluding hydrogens is 374 g/mol. The summed E-state index contributed by atoms with van der Waals surface area (Å²) in [6.45, 7) is 3.56. The maximum absolute atomic E-state index is 12.9. The van der Waals surface area contributed by atoms with Gasteiger partial charge in [0, 0.05) is 29.7 Å². The summed E-state index contributed by atoms with van der Waals surface area (Å²) in [5.74, 6) is 0. The second kappa shape index (κ2) is 7.03. The highest BCUT2D eigenvalue weighted by Gasteiger charge is 2.36. The first-order valence-electron chi connectivity index (χ1n) is 7.04. The molecule has 1 aliphatic rings. The third-order valence-electron chi connectivity index (χ3n) is 3.59. The number of benzene rings is 1. The number of halogens is 1. The van der Waals surface area contributed by atoms with Crippen LogP contribution >= 0.6 is 15.9 Å². The van der Waals surface area contributed by atoms with Gasteiger partial charge in [0.25, 0.3) is 5.69 Å². The van der Waals surface area contributed by atoms with E-state index >= 15 is 0 Å². The lowest BCUT2D eigenvalue weighted by molar-refractivity contribution is -0.387. The van der Waals surface area contributed by atoms with Crippen molar-refractivity contribution in [1.82, 2.24) is 9.62 Å². The Morgan fingerprint density at radius 3 is 2.77 bits per heavy atom. The molecule has 1 N–H and O–H groups in total. The van der Waals surface area contributed by atoms with Crippen LogP contribution in [0.4, 0.5) is 5.69 Å². The average Bonchev–Trinajstić information content (AvgIpc) is 2.97. The molecule has 0 spiro atoms. The zero-order valence-corrected chi connectivity index (χ0v) is 14.6. The van der Waals surface area contributed by atoms with Crippen molar-refractivity contribution in [2.75, 3.05) is 19.6 Å². The molecule has 0 amide bonds. The fourth-order valence-electron chi connectivity index (χ4n) is 2.58. The van der Waals surface area contributed by atoms with Crippen LogP contribution in [-0.4, -0.2) is 43.3 Å². The molecule has 122 valence electrons. The molecule has 1 aliphatic heterocycles. The Labute approximate surface area is 138 Å². The minimum absolute atomic E-state index is 0.159. The number of nitro benzene ring substituents is 1. The summed E-state index contributed by atoms with van der Waals surface area (Å²) in [6, 6.07) is 3.87. The van der Waals surface area contributed by atoms with E-state index in [1.165, 1.54) is 22.5 Å². The maximum Gasteiger partial charge on any atom is 0.290 e. The first-order valence-corrected chi connectivity index (χ1v) is 9.27. The number of hydrogen-bond donors (Lipinski definition) is 1. The Morgan fingerprint density at radius 2 is 2.23 bits per heavy atom. The van der Waals surface area contributed by atoms with Crippen LogP contribution in [0.2, 0.25) is 0 Å². The Morgan fingerprint density at radius 1 is 1.50 bits per heavy atom. The predicted octanol–water partition coefficient (Wildman–Crippen LogP) is 2.12. The van der Waals surface area contributed by atoms with Crippen LogP contribution in [0.5, 0.6) is 0 Å². The van der Waals surface area contributed by atoms with Gasteiger partial charge >= 0.3 is 0 Å². The predicted molar refractivity (Wildman–Crippen MR) is 86.3 cm³/mol. The van der Waals surface area contributed by atoms with Crippen molar-refractivity contribution in [2.45, 2.75) is 30.7 Å². The lowest BCUT2D eigenvalue weighted by Crippen LogP contribution is -2.42. The van der Waals surface area contributed by atoms with Gasteiger partial charge in [0.2, 0.25) is 10.0 Å². The van der Waals surface area contributed by atoms with Gasteiger partial charge in [-0.3, -0.25) is 10.1 Å². The molecule has 1 aromatic carbocycles. The highest BCUT2D eigenvalue weighted by Crippen LogP contribution is 2.31. The Kier molecular flexibility index (Phi) is 5.54. The molecule has 1 aromatic rings. The maximum atomic E-state index is 12.9. The summed E-state index contributed by atoms with van der Waals surface area (Å²) < 4.78 is 27.7. The van der Waals surface area contributed by atoms with Crippen LogP contribution in [0.1, 0.15) is 19.8 Å². The summed E-state index contributed by atoms with van der Waals surface area (Å²) in [4.78, 5) is 10.3. The lowest BCUT2D eigenvalue weighted by atomic mass is 10.2. The van der Waals surface area contributed by atoms with Gasteiger partial charge in [-0.15, -0.1) is 0 Å². The van der Waals surface area contributed by atoms with E-state index in [0.717, 1.165) is 6.54 Å². The summed E-state index contributed by atoms with van der Waals surface area (Å²) in [5.41, 5.74) is -0.401. The average molecular weight is 392 g/mol. The Balaban J connectivity index is 2.49. The Hall–Kier alpha value is -1.03. The molecule has 0 aromatic heterocycles. The third kappa shape index (κ3) is 3.48. The molecule has 7 nitrogen and oxygen atoms in total. The van der Waals surface area contributed by atoms with Crippen molar-refractivity contribution in [3.63, 3.8) is 0 Å². The third-order valence-corrected chi connectivity index (χ3v) is 6.08. The first-order chi connectivity index (χ1) is 10.4. The molecule has 0 bridgehead atoms. The van der Waals surface area contributed by atoms with E-state index in [1.807, 2.05) is 6.92 Å². The van der Waals surface area contributed by atoms with E-state index < -0.39 is 20.6 Å². The summed E-state index contributed by atoms with van der Waals surface area (Å²) in [6.07, 6.45) is 1.36. The van der Waals surface area contributed by atoms with Gasteiger partial charge in [0.1, 0.15) is 0 Å². The molecule has 0 radical (unpaired) electrons. The lowest BCUT2D eigenvalue weighted by Gasteiger charge is -2.27. The SMILES string of the molecule is CCCN(C1CCNC1)S(=O)(=O)c1ccc(Br)cc1[N+](=O)[O-]. The zero-order chi connectivity index (χ0) is 16.3. The number of nitro groups is 1. The molecule has 0 saturated carbocycles. The number of sulfonamides is 1. The zero-order valence-electron chi connectivity index (χ0n) is 12.2. The van der Waals surface area contributed by atoms with Gasteiger partial charge in [-0.2, -0.15) is 4.31 Å². The first kappa shape index (κ1) is 17.3. The van der Waals surface area contributed by atoms with Crippen molar-refractivity contribution in [3.8, 4) is 0 Å². The van der Waals surface area contributed by atoms with Gasteiger partial charge in [-0.25, -0.2) is 8.42 Å². The summed E-state index contributed by atoms with van der Waals surface area (Å²) >= 11 is 3.14. The summed E-state index contributed by atoms with van der Waals surface area (Å²) in [5, 5.41) is 14.3. The van der Waals surface area contributed by atoms with Crippen LogP contribution in [0.25, 0.3) is 0 Å². The van der Waals surface area contributed by atoms with E-state index in [4.69, 9.17) is 0 Å². The normalized spacial score (nSPS) is 18.8. The van der Waals surface area contributed by atoms with Crippen molar-refractivity contribution in [3.05, 3.63) is 32.8 Å². The Bertz CT molecular complexity index is 659. The minimum Gasteiger partial charge on any atom is -0.315 e. The monoisotopic (exact) mass is 391 g/mol. The molecule has 0 aliphatic carbocycles. The minimum atomic E-state index is -3.91. The number of rotatable bonds is 6. The smallest absolute Gasteiger partial charge is 0.290 e. The van der Waals surface area contributed by atoms with Crippen LogP contribution < -0.4 is 5.32 Å². The molecule has 2 rings (SSSR count). The van der Waals surface area contributed by atoms with Gasteiger partial charge in [0.05, 0.1) is 4.92 Å². The quantitative estimate of drug-likeness (QED) is 0.592. The second-order valence-corrected chi connectivity index (χ2v) is 7.91. The van der Waals surface area contributed by atoms with Crippen LogP contribution in [0.3, 0.4) is 0 Å². The van der Waals surface area contributed by atoms with Crippen LogP contribution in [-0.2, 0) is 10.0 Å². The molecule has 1 unspecified atom stereocenters. The highest BCUT2D eigenvalue weighted by atomic mass is 79.9. The van der Waals surface area contributed by atoms with Crippen molar-refractivity contribution in [2.24, 2.45) is 0 Å². The summed E-state index contributed by atoms with van der Waals surface area (Å²) in [7, 11) is -3.91. The van der Waals surface area contributed by atoms with E-state index in [2.05, 4.69) is 21.2 Å². The van der Waals surface area contributed by atoms with Gasteiger partial charge in [0.15, 0.2) is 4.90 Å². The second-order valence-electron chi connectivity index (χ2n) is 5.13.